The molecule has 3 N–H and O–H groups in total. The highest BCUT2D eigenvalue weighted by atomic mass is 32.1. The molecule has 82 valence electrons. The van der Waals surface area contributed by atoms with Crippen molar-refractivity contribution in [3.63, 3.8) is 0 Å². The quantitative estimate of drug-likeness (QED) is 0.562. The van der Waals surface area contributed by atoms with Gasteiger partial charge in [0.05, 0.1) is 5.69 Å². The van der Waals surface area contributed by atoms with E-state index in [1.54, 1.807) is 13.3 Å². The van der Waals surface area contributed by atoms with Crippen LogP contribution in [0.3, 0.4) is 0 Å². The number of pyridine rings is 1. The molecule has 0 aliphatic heterocycles. The molecule has 0 saturated heterocycles. The number of aromatic nitrogens is 1. The lowest BCUT2D eigenvalue weighted by Gasteiger charge is -2.09. The molecule has 0 saturated carbocycles. The third-order valence-electron chi connectivity index (χ3n) is 1.88. The van der Waals surface area contributed by atoms with Crippen LogP contribution < -0.4 is 11.1 Å². The van der Waals surface area contributed by atoms with Gasteiger partial charge >= 0.3 is 0 Å². The largest absolute Gasteiger partial charge is 0.388 e. The molecule has 1 heterocycles. The predicted molar refractivity (Wildman–Crippen MR) is 65.1 cm³/mol. The Labute approximate surface area is 94.8 Å². The van der Waals surface area contributed by atoms with Gasteiger partial charge < -0.3 is 15.8 Å². The summed E-state index contributed by atoms with van der Waals surface area (Å²) in [6.07, 6.45) is 2.61. The van der Waals surface area contributed by atoms with Crippen molar-refractivity contribution in [1.82, 2.24) is 4.98 Å². The zero-order valence-electron chi connectivity index (χ0n) is 8.69. The van der Waals surface area contributed by atoms with E-state index in [4.69, 9.17) is 22.7 Å². The first-order valence-corrected chi connectivity index (χ1v) is 5.14. The molecule has 15 heavy (non-hydrogen) atoms. The molecule has 0 spiro atoms. The number of nitrogens with zero attached hydrogens (tertiary/aromatic N) is 1. The molecule has 1 rings (SSSR count). The van der Waals surface area contributed by atoms with Crippen LogP contribution in [0.5, 0.6) is 0 Å². The van der Waals surface area contributed by atoms with Gasteiger partial charge in [-0.3, -0.25) is 4.98 Å². The standard InChI is InChI=1S/C10H15N3OS/c1-14-7-3-6-12-8-4-2-5-13-9(8)10(11)15/h2,4-5,12H,3,6-7H2,1H3,(H2,11,15). The summed E-state index contributed by atoms with van der Waals surface area (Å²) in [6, 6.07) is 3.76. The maximum Gasteiger partial charge on any atom is 0.124 e. The molecule has 0 aliphatic rings. The lowest BCUT2D eigenvalue weighted by atomic mass is 10.3. The topological polar surface area (TPSA) is 60.2 Å². The summed E-state index contributed by atoms with van der Waals surface area (Å²) in [4.78, 5) is 4.43. The maximum absolute atomic E-state index is 5.55. The highest BCUT2D eigenvalue weighted by Gasteiger charge is 2.04. The van der Waals surface area contributed by atoms with E-state index in [9.17, 15) is 0 Å². The van der Waals surface area contributed by atoms with Crippen molar-refractivity contribution in [2.45, 2.75) is 6.42 Å². The number of anilines is 1. The van der Waals surface area contributed by atoms with E-state index >= 15 is 0 Å². The number of rotatable bonds is 6. The average Bonchev–Trinajstić information content (AvgIpc) is 2.25. The second-order valence-electron chi connectivity index (χ2n) is 3.04. The second kappa shape index (κ2) is 6.31. The summed E-state index contributed by atoms with van der Waals surface area (Å²) in [5, 5.41) is 3.22. The Hall–Kier alpha value is -1.20. The fourth-order valence-corrected chi connectivity index (χ4v) is 1.35. The summed E-state index contributed by atoms with van der Waals surface area (Å²) in [6.45, 7) is 1.55. The highest BCUT2D eigenvalue weighted by Crippen LogP contribution is 2.11. The van der Waals surface area contributed by atoms with Crippen LogP contribution in [0.15, 0.2) is 18.3 Å². The van der Waals surface area contributed by atoms with Gasteiger partial charge in [0.15, 0.2) is 0 Å². The summed E-state index contributed by atoms with van der Waals surface area (Å²) in [5.41, 5.74) is 7.07. The van der Waals surface area contributed by atoms with E-state index in [1.165, 1.54) is 0 Å². The van der Waals surface area contributed by atoms with Gasteiger partial charge in [-0.1, -0.05) is 12.2 Å². The fourth-order valence-electron chi connectivity index (χ4n) is 1.18. The van der Waals surface area contributed by atoms with Gasteiger partial charge in [0.2, 0.25) is 0 Å². The number of nitrogens with one attached hydrogen (secondary N) is 1. The number of methoxy groups -OCH3 is 1. The Morgan fingerprint density at radius 3 is 3.13 bits per heavy atom. The van der Waals surface area contributed by atoms with E-state index in [0.29, 0.717) is 10.7 Å². The van der Waals surface area contributed by atoms with Crippen LogP contribution in [0, 0.1) is 0 Å². The Morgan fingerprint density at radius 2 is 2.47 bits per heavy atom. The molecule has 0 aromatic carbocycles. The molecule has 0 radical (unpaired) electrons. The minimum Gasteiger partial charge on any atom is -0.388 e. The SMILES string of the molecule is COCCCNc1cccnc1C(N)=S. The molecule has 0 unspecified atom stereocenters. The van der Waals surface area contributed by atoms with E-state index in [0.717, 1.165) is 25.3 Å². The normalized spacial score (nSPS) is 9.93. The monoisotopic (exact) mass is 225 g/mol. The lowest BCUT2D eigenvalue weighted by molar-refractivity contribution is 0.198. The van der Waals surface area contributed by atoms with Gasteiger partial charge in [0.25, 0.3) is 0 Å². The number of thiocarbonyl (C=S) groups is 1. The van der Waals surface area contributed by atoms with Crippen molar-refractivity contribution in [2.75, 3.05) is 25.6 Å². The fraction of sp³-hybridized carbons (Fsp3) is 0.400. The molecule has 0 aliphatic carbocycles. The van der Waals surface area contributed by atoms with Crippen LogP contribution in [-0.4, -0.2) is 30.2 Å². The van der Waals surface area contributed by atoms with Crippen molar-refractivity contribution >= 4 is 22.9 Å². The minimum atomic E-state index is 0.310. The predicted octanol–water partition coefficient (Wildman–Crippen LogP) is 1.16. The van der Waals surface area contributed by atoms with Crippen molar-refractivity contribution in [3.8, 4) is 0 Å². The Kier molecular flexibility index (Phi) is 5.00. The zero-order chi connectivity index (χ0) is 11.1. The second-order valence-corrected chi connectivity index (χ2v) is 3.48. The van der Waals surface area contributed by atoms with Gasteiger partial charge in [-0.05, 0) is 18.6 Å². The van der Waals surface area contributed by atoms with Crippen molar-refractivity contribution < 1.29 is 4.74 Å². The summed E-state index contributed by atoms with van der Waals surface area (Å²) >= 11 is 4.90. The first-order chi connectivity index (χ1) is 7.25. The van der Waals surface area contributed by atoms with E-state index in [-0.39, 0.29) is 0 Å². The molecule has 0 atom stereocenters. The van der Waals surface area contributed by atoms with E-state index in [1.807, 2.05) is 12.1 Å². The number of ether oxygens (including phenoxy) is 1. The molecule has 4 nitrogen and oxygen atoms in total. The molecule has 1 aromatic heterocycles. The van der Waals surface area contributed by atoms with Gasteiger partial charge in [0.1, 0.15) is 10.7 Å². The lowest BCUT2D eigenvalue weighted by Crippen LogP contribution is -2.16. The molecule has 0 bridgehead atoms. The Bertz CT molecular complexity index is 330. The maximum atomic E-state index is 5.55. The Morgan fingerprint density at radius 1 is 1.67 bits per heavy atom. The van der Waals surface area contributed by atoms with Crippen LogP contribution in [0.25, 0.3) is 0 Å². The molecule has 0 amide bonds. The van der Waals surface area contributed by atoms with Crippen LogP contribution in [0.4, 0.5) is 5.69 Å². The van der Waals surface area contributed by atoms with Crippen molar-refractivity contribution in [1.29, 1.82) is 0 Å². The van der Waals surface area contributed by atoms with Crippen LogP contribution >= 0.6 is 12.2 Å². The van der Waals surface area contributed by atoms with Crippen LogP contribution in [0.2, 0.25) is 0 Å². The molecular formula is C10H15N3OS. The van der Waals surface area contributed by atoms with E-state index in [2.05, 4.69) is 10.3 Å². The molecule has 1 aromatic rings. The van der Waals surface area contributed by atoms with Gasteiger partial charge in [-0.25, -0.2) is 0 Å². The molecule has 0 fully saturated rings. The van der Waals surface area contributed by atoms with Crippen molar-refractivity contribution in [2.24, 2.45) is 5.73 Å². The number of hydrogen-bond donors (Lipinski definition) is 2. The van der Waals surface area contributed by atoms with Gasteiger partial charge in [-0.15, -0.1) is 0 Å². The first-order valence-electron chi connectivity index (χ1n) is 4.73. The summed E-state index contributed by atoms with van der Waals surface area (Å²) in [7, 11) is 1.69. The minimum absolute atomic E-state index is 0.310. The highest BCUT2D eigenvalue weighted by molar-refractivity contribution is 7.80. The summed E-state index contributed by atoms with van der Waals surface area (Å²) < 4.78 is 4.95. The smallest absolute Gasteiger partial charge is 0.124 e. The average molecular weight is 225 g/mol. The van der Waals surface area contributed by atoms with Gasteiger partial charge in [-0.2, -0.15) is 0 Å². The first kappa shape index (κ1) is 11.9. The number of nitrogens with two attached hydrogens (primary N) is 1. The summed E-state index contributed by atoms with van der Waals surface area (Å²) in [5.74, 6) is 0. The molecular weight excluding hydrogens is 210 g/mol. The van der Waals surface area contributed by atoms with E-state index < -0.39 is 0 Å². The zero-order valence-corrected chi connectivity index (χ0v) is 9.51. The Balaban J connectivity index is 2.56. The number of hydrogen-bond acceptors (Lipinski definition) is 4. The molecule has 5 heteroatoms. The van der Waals surface area contributed by atoms with Crippen LogP contribution in [0.1, 0.15) is 12.1 Å². The van der Waals surface area contributed by atoms with Gasteiger partial charge in [0, 0.05) is 26.5 Å². The third kappa shape index (κ3) is 3.81. The third-order valence-corrected chi connectivity index (χ3v) is 2.08. The van der Waals surface area contributed by atoms with Crippen molar-refractivity contribution in [3.05, 3.63) is 24.0 Å². The van der Waals surface area contributed by atoms with Crippen LogP contribution in [-0.2, 0) is 4.74 Å².